The lowest BCUT2D eigenvalue weighted by atomic mass is 9.84. The Morgan fingerprint density at radius 3 is 2.15 bits per heavy atom. The molecule has 1 aliphatic carbocycles. The third-order valence-corrected chi connectivity index (χ3v) is 7.05. The number of nitrogens with zero attached hydrogens (tertiary/aromatic N) is 1. The summed E-state index contributed by atoms with van der Waals surface area (Å²) in [5.41, 5.74) is 2.66. The number of nitrogens with one attached hydrogen (secondary N) is 2. The number of benzene rings is 1. The molecule has 0 bridgehead atoms. The fraction of sp³-hybridized carbons (Fsp3) is 0.696. The van der Waals surface area contributed by atoms with Gasteiger partial charge in [0.15, 0.2) is 0 Å². The number of amides is 1. The number of carbonyl (C=O) groups excluding carboxylic acids is 1. The maximum atomic E-state index is 12.2. The summed E-state index contributed by atoms with van der Waals surface area (Å²) in [5, 5.41) is 6.37. The van der Waals surface area contributed by atoms with Gasteiger partial charge < -0.3 is 10.2 Å². The molecule has 27 heavy (non-hydrogen) atoms. The summed E-state index contributed by atoms with van der Waals surface area (Å²) in [4.78, 5) is 14.8. The van der Waals surface area contributed by atoms with Crippen molar-refractivity contribution in [1.29, 1.82) is 0 Å². The van der Waals surface area contributed by atoms with Gasteiger partial charge in [0, 0.05) is 18.8 Å². The van der Waals surface area contributed by atoms with E-state index in [-0.39, 0.29) is 11.4 Å². The molecule has 148 valence electrons. The molecule has 2 heterocycles. The molecule has 2 saturated heterocycles. The molecule has 2 N–H and O–H groups in total. The number of hydrogen-bond acceptors (Lipinski definition) is 3. The van der Waals surface area contributed by atoms with Crippen LogP contribution in [-0.2, 0) is 4.79 Å². The fourth-order valence-electron chi connectivity index (χ4n) is 5.32. The first-order chi connectivity index (χ1) is 13.3. The van der Waals surface area contributed by atoms with Gasteiger partial charge >= 0.3 is 0 Å². The molecule has 0 aromatic heterocycles. The molecular formula is C23H35N3O. The Morgan fingerprint density at radius 2 is 1.52 bits per heavy atom. The third kappa shape index (κ3) is 4.16. The summed E-state index contributed by atoms with van der Waals surface area (Å²) in [6, 6.07) is 9.09. The van der Waals surface area contributed by atoms with Crippen molar-refractivity contribution in [2.24, 2.45) is 0 Å². The highest BCUT2D eigenvalue weighted by Crippen LogP contribution is 2.37. The van der Waals surface area contributed by atoms with Gasteiger partial charge in [-0.05, 0) is 43.2 Å². The highest BCUT2D eigenvalue weighted by Gasteiger charge is 2.44. The van der Waals surface area contributed by atoms with Gasteiger partial charge in [-0.15, -0.1) is 0 Å². The van der Waals surface area contributed by atoms with Crippen LogP contribution in [0.1, 0.15) is 82.1 Å². The maximum absolute atomic E-state index is 12.2. The molecule has 3 fully saturated rings. The Bertz CT molecular complexity index is 626. The second-order valence-corrected chi connectivity index (χ2v) is 8.74. The van der Waals surface area contributed by atoms with Crippen molar-refractivity contribution in [3.63, 3.8) is 0 Å². The van der Waals surface area contributed by atoms with Gasteiger partial charge in [-0.1, -0.05) is 63.1 Å². The van der Waals surface area contributed by atoms with Gasteiger partial charge in [0.2, 0.25) is 5.91 Å². The van der Waals surface area contributed by atoms with Crippen LogP contribution in [0.25, 0.3) is 0 Å². The molecule has 1 spiro atoms. The molecule has 4 rings (SSSR count). The average Bonchev–Trinajstić information content (AvgIpc) is 3.06. The predicted octanol–water partition coefficient (Wildman–Crippen LogP) is 4.31. The molecular weight excluding hydrogens is 334 g/mol. The zero-order chi connectivity index (χ0) is 18.5. The van der Waals surface area contributed by atoms with E-state index < -0.39 is 0 Å². The highest BCUT2D eigenvalue weighted by atomic mass is 16.2. The molecule has 1 aromatic rings. The largest absolute Gasteiger partial charge is 0.371 e. The normalized spacial score (nSPS) is 24.7. The molecule has 1 aromatic carbocycles. The molecule has 2 aliphatic heterocycles. The van der Waals surface area contributed by atoms with Crippen molar-refractivity contribution in [2.45, 2.75) is 82.1 Å². The molecule has 3 aliphatic rings. The summed E-state index contributed by atoms with van der Waals surface area (Å²) >= 11 is 0. The van der Waals surface area contributed by atoms with Gasteiger partial charge in [-0.3, -0.25) is 10.1 Å². The standard InChI is InChI=1S/C23H35N3O/c27-22-23(25-18-24-22)14-16-26(17-15-23)21-13-9-8-12-20(21)19-10-6-4-2-1-3-5-7-11-19/h8-9,12-13,19,25H,1-7,10-11,14-18H2,(H,24,27). The van der Waals surface area contributed by atoms with Gasteiger partial charge in [0.1, 0.15) is 5.54 Å². The number of anilines is 1. The second kappa shape index (κ2) is 8.64. The van der Waals surface area contributed by atoms with Crippen LogP contribution in [0, 0.1) is 0 Å². The molecule has 0 unspecified atom stereocenters. The summed E-state index contributed by atoms with van der Waals surface area (Å²) < 4.78 is 0. The van der Waals surface area contributed by atoms with Gasteiger partial charge in [-0.2, -0.15) is 0 Å². The van der Waals surface area contributed by atoms with Crippen LogP contribution in [-0.4, -0.2) is 31.2 Å². The van der Waals surface area contributed by atoms with Crippen LogP contribution in [0.15, 0.2) is 24.3 Å². The maximum Gasteiger partial charge on any atom is 0.241 e. The van der Waals surface area contributed by atoms with E-state index >= 15 is 0 Å². The number of piperidine rings is 1. The lowest BCUT2D eigenvalue weighted by Crippen LogP contribution is -2.54. The topological polar surface area (TPSA) is 44.4 Å². The number of para-hydroxylation sites is 1. The van der Waals surface area contributed by atoms with Crippen molar-refractivity contribution in [3.8, 4) is 0 Å². The van der Waals surface area contributed by atoms with Crippen LogP contribution in [0.2, 0.25) is 0 Å². The summed E-state index contributed by atoms with van der Waals surface area (Å²) in [6.07, 6.45) is 14.2. The number of rotatable bonds is 2. The Hall–Kier alpha value is -1.55. The lowest BCUT2D eigenvalue weighted by molar-refractivity contribution is -0.124. The molecule has 1 saturated carbocycles. The SMILES string of the molecule is O=C1NCNC12CCN(c1ccccc1C1CCCCCCCCC1)CC2. The lowest BCUT2D eigenvalue weighted by Gasteiger charge is -2.40. The summed E-state index contributed by atoms with van der Waals surface area (Å²) in [7, 11) is 0. The van der Waals surface area contributed by atoms with Crippen LogP contribution in [0.4, 0.5) is 5.69 Å². The van der Waals surface area contributed by atoms with Crippen molar-refractivity contribution in [3.05, 3.63) is 29.8 Å². The molecule has 4 nitrogen and oxygen atoms in total. The van der Waals surface area contributed by atoms with E-state index in [2.05, 4.69) is 39.8 Å². The predicted molar refractivity (Wildman–Crippen MR) is 111 cm³/mol. The Labute approximate surface area is 164 Å². The first-order valence-electron chi connectivity index (χ1n) is 11.2. The van der Waals surface area contributed by atoms with Crippen LogP contribution in [0.5, 0.6) is 0 Å². The van der Waals surface area contributed by atoms with Crippen LogP contribution < -0.4 is 15.5 Å². The van der Waals surface area contributed by atoms with Gasteiger partial charge in [0.05, 0.1) is 6.67 Å². The first kappa shape index (κ1) is 18.8. The smallest absolute Gasteiger partial charge is 0.241 e. The minimum absolute atomic E-state index is 0.197. The van der Waals surface area contributed by atoms with Crippen molar-refractivity contribution in [1.82, 2.24) is 10.6 Å². The Kier molecular flexibility index (Phi) is 6.01. The van der Waals surface area contributed by atoms with E-state index in [0.29, 0.717) is 12.6 Å². The van der Waals surface area contributed by atoms with Gasteiger partial charge in [-0.25, -0.2) is 0 Å². The van der Waals surface area contributed by atoms with E-state index in [1.165, 1.54) is 63.5 Å². The monoisotopic (exact) mass is 369 g/mol. The molecule has 1 amide bonds. The van der Waals surface area contributed by atoms with E-state index in [4.69, 9.17) is 0 Å². The van der Waals surface area contributed by atoms with E-state index in [0.717, 1.165) is 25.9 Å². The fourth-order valence-corrected chi connectivity index (χ4v) is 5.32. The Balaban J connectivity index is 1.48. The van der Waals surface area contributed by atoms with Crippen LogP contribution in [0.3, 0.4) is 0 Å². The molecule has 4 heteroatoms. The van der Waals surface area contributed by atoms with Crippen molar-refractivity contribution >= 4 is 11.6 Å². The van der Waals surface area contributed by atoms with E-state index in [1.54, 1.807) is 5.56 Å². The number of hydrogen-bond donors (Lipinski definition) is 2. The van der Waals surface area contributed by atoms with Gasteiger partial charge in [0.25, 0.3) is 0 Å². The molecule has 0 radical (unpaired) electrons. The zero-order valence-electron chi connectivity index (χ0n) is 16.6. The van der Waals surface area contributed by atoms with Crippen molar-refractivity contribution in [2.75, 3.05) is 24.7 Å². The van der Waals surface area contributed by atoms with Crippen molar-refractivity contribution < 1.29 is 4.79 Å². The second-order valence-electron chi connectivity index (χ2n) is 8.74. The zero-order valence-corrected chi connectivity index (χ0v) is 16.6. The summed E-state index contributed by atoms with van der Waals surface area (Å²) in [6.45, 7) is 2.55. The van der Waals surface area contributed by atoms with E-state index in [9.17, 15) is 4.79 Å². The first-order valence-corrected chi connectivity index (χ1v) is 11.2. The number of carbonyl (C=O) groups is 1. The quantitative estimate of drug-likeness (QED) is 0.816. The minimum atomic E-state index is -0.318. The average molecular weight is 370 g/mol. The Morgan fingerprint density at radius 1 is 0.889 bits per heavy atom. The summed E-state index contributed by atoms with van der Waals surface area (Å²) in [5.74, 6) is 0.894. The minimum Gasteiger partial charge on any atom is -0.371 e. The third-order valence-electron chi connectivity index (χ3n) is 7.05. The highest BCUT2D eigenvalue weighted by molar-refractivity contribution is 5.88. The van der Waals surface area contributed by atoms with Crippen LogP contribution >= 0.6 is 0 Å². The van der Waals surface area contributed by atoms with E-state index in [1.807, 2.05) is 0 Å². The molecule has 0 atom stereocenters.